The summed E-state index contributed by atoms with van der Waals surface area (Å²) in [6, 6.07) is 0.306. The molecule has 6 nitrogen and oxygen atoms in total. The van der Waals surface area contributed by atoms with E-state index in [0.717, 1.165) is 19.3 Å². The average molecular weight is 280 g/mol. The second-order valence-electron chi connectivity index (χ2n) is 5.35. The largest absolute Gasteiger partial charge is 0.462 e. The molecule has 0 bridgehead atoms. The summed E-state index contributed by atoms with van der Waals surface area (Å²) in [5, 5.41) is 7.72. The Bertz CT molecular complexity index is 484. The third kappa shape index (κ3) is 2.95. The minimum atomic E-state index is -0.329. The summed E-state index contributed by atoms with van der Waals surface area (Å²) in [6.45, 7) is 3.97. The van der Waals surface area contributed by atoms with Gasteiger partial charge in [-0.3, -0.25) is 4.68 Å². The molecule has 1 fully saturated rings. The van der Waals surface area contributed by atoms with Crippen molar-refractivity contribution in [3.05, 3.63) is 11.3 Å². The molecule has 1 aromatic rings. The van der Waals surface area contributed by atoms with Gasteiger partial charge in [0.25, 0.3) is 0 Å². The normalized spacial score (nSPS) is 22.6. The molecule has 3 N–H and O–H groups in total. The van der Waals surface area contributed by atoms with Gasteiger partial charge in [0.1, 0.15) is 11.4 Å². The topological polar surface area (TPSA) is 82.2 Å². The molecule has 0 aromatic carbocycles. The molecule has 0 spiro atoms. The Kier molecular flexibility index (Phi) is 4.65. The number of hydrogen-bond acceptors (Lipinski definition) is 5. The summed E-state index contributed by atoms with van der Waals surface area (Å²) in [7, 11) is 1.83. The minimum absolute atomic E-state index is 0.119. The summed E-state index contributed by atoms with van der Waals surface area (Å²) in [6.07, 6.45) is 4.38. The third-order valence-corrected chi connectivity index (χ3v) is 3.84. The van der Waals surface area contributed by atoms with Crippen LogP contribution in [0.15, 0.2) is 0 Å². The summed E-state index contributed by atoms with van der Waals surface area (Å²) in [5.74, 6) is 0.383. The van der Waals surface area contributed by atoms with Gasteiger partial charge in [0, 0.05) is 19.1 Å². The maximum atomic E-state index is 12.1. The van der Waals surface area contributed by atoms with Crippen molar-refractivity contribution in [2.75, 3.05) is 11.9 Å². The van der Waals surface area contributed by atoms with Crippen LogP contribution in [0.25, 0.3) is 0 Å². The second kappa shape index (κ2) is 6.26. The van der Waals surface area contributed by atoms with Crippen LogP contribution in [0.5, 0.6) is 0 Å². The molecule has 20 heavy (non-hydrogen) atoms. The zero-order valence-electron chi connectivity index (χ0n) is 12.5. The van der Waals surface area contributed by atoms with Crippen LogP contribution >= 0.6 is 0 Å². The van der Waals surface area contributed by atoms with Crippen molar-refractivity contribution < 1.29 is 9.53 Å². The molecule has 1 aliphatic rings. The van der Waals surface area contributed by atoms with Gasteiger partial charge in [-0.1, -0.05) is 12.8 Å². The summed E-state index contributed by atoms with van der Waals surface area (Å²) >= 11 is 0. The number of carbonyl (C=O) groups is 1. The average Bonchev–Trinajstić information content (AvgIpc) is 2.67. The van der Waals surface area contributed by atoms with E-state index in [9.17, 15) is 4.79 Å². The molecule has 2 unspecified atom stereocenters. The van der Waals surface area contributed by atoms with Gasteiger partial charge in [0.15, 0.2) is 0 Å². The van der Waals surface area contributed by atoms with Crippen molar-refractivity contribution in [2.24, 2.45) is 12.8 Å². The summed E-state index contributed by atoms with van der Waals surface area (Å²) in [4.78, 5) is 12.1. The highest BCUT2D eigenvalue weighted by Crippen LogP contribution is 2.25. The van der Waals surface area contributed by atoms with E-state index < -0.39 is 0 Å². The van der Waals surface area contributed by atoms with E-state index in [1.807, 2.05) is 14.0 Å². The molecular weight excluding hydrogens is 256 g/mol. The molecule has 1 heterocycles. The van der Waals surface area contributed by atoms with Crippen LogP contribution in [0.4, 0.5) is 5.82 Å². The predicted molar refractivity (Wildman–Crippen MR) is 77.8 cm³/mol. The van der Waals surface area contributed by atoms with Crippen LogP contribution < -0.4 is 11.1 Å². The van der Waals surface area contributed by atoms with Crippen molar-refractivity contribution in [3.63, 3.8) is 0 Å². The van der Waals surface area contributed by atoms with Crippen LogP contribution in [-0.4, -0.2) is 34.4 Å². The van der Waals surface area contributed by atoms with Crippen molar-refractivity contribution in [1.29, 1.82) is 0 Å². The fourth-order valence-electron chi connectivity index (χ4n) is 2.79. The number of aromatic nitrogens is 2. The van der Waals surface area contributed by atoms with Crippen LogP contribution in [0, 0.1) is 6.92 Å². The Morgan fingerprint density at radius 1 is 1.50 bits per heavy atom. The van der Waals surface area contributed by atoms with E-state index in [1.165, 1.54) is 6.42 Å². The number of carbonyl (C=O) groups excluding carboxylic acids is 1. The SMILES string of the molecule is CCOC(=O)c1c(C)nn(C)c1NC1CCCCC1N. The van der Waals surface area contributed by atoms with Crippen molar-refractivity contribution in [1.82, 2.24) is 9.78 Å². The lowest BCUT2D eigenvalue weighted by Gasteiger charge is -2.30. The van der Waals surface area contributed by atoms with Crippen LogP contribution in [0.2, 0.25) is 0 Å². The standard InChI is InChI=1S/C14H24N4O2/c1-4-20-14(19)12-9(2)17-18(3)13(12)16-11-8-6-5-7-10(11)15/h10-11,16H,4-8,15H2,1-3H3. The number of hydrogen-bond donors (Lipinski definition) is 2. The summed E-state index contributed by atoms with van der Waals surface area (Å²) < 4.78 is 6.81. The quantitative estimate of drug-likeness (QED) is 0.818. The van der Waals surface area contributed by atoms with Gasteiger partial charge in [-0.2, -0.15) is 5.10 Å². The van der Waals surface area contributed by atoms with Gasteiger partial charge in [-0.15, -0.1) is 0 Å². The molecule has 1 aromatic heterocycles. The van der Waals surface area contributed by atoms with Gasteiger partial charge in [-0.05, 0) is 26.7 Å². The number of anilines is 1. The molecular formula is C14H24N4O2. The zero-order chi connectivity index (χ0) is 14.7. The Hall–Kier alpha value is -1.56. The van der Waals surface area contributed by atoms with Crippen molar-refractivity contribution >= 4 is 11.8 Å². The predicted octanol–water partition coefficient (Wildman–Crippen LogP) is 1.59. The van der Waals surface area contributed by atoms with E-state index in [-0.39, 0.29) is 18.1 Å². The molecule has 6 heteroatoms. The summed E-state index contributed by atoms with van der Waals surface area (Å²) in [5.41, 5.74) is 7.36. The zero-order valence-corrected chi connectivity index (χ0v) is 12.5. The third-order valence-electron chi connectivity index (χ3n) is 3.84. The number of nitrogens with one attached hydrogen (secondary N) is 1. The van der Waals surface area contributed by atoms with Crippen LogP contribution in [0.1, 0.15) is 48.7 Å². The van der Waals surface area contributed by atoms with E-state index >= 15 is 0 Å². The number of ether oxygens (including phenoxy) is 1. The highest BCUT2D eigenvalue weighted by atomic mass is 16.5. The molecule has 0 aliphatic heterocycles. The van der Waals surface area contributed by atoms with Crippen LogP contribution in [-0.2, 0) is 11.8 Å². The molecule has 112 valence electrons. The van der Waals surface area contributed by atoms with E-state index in [4.69, 9.17) is 10.5 Å². The van der Waals surface area contributed by atoms with Gasteiger partial charge in [0.2, 0.25) is 0 Å². The Balaban J connectivity index is 2.24. The molecule has 1 aliphatic carbocycles. The minimum Gasteiger partial charge on any atom is -0.462 e. The van der Waals surface area contributed by atoms with Gasteiger partial charge >= 0.3 is 5.97 Å². The lowest BCUT2D eigenvalue weighted by Crippen LogP contribution is -2.43. The Morgan fingerprint density at radius 2 is 2.20 bits per heavy atom. The maximum Gasteiger partial charge on any atom is 0.343 e. The van der Waals surface area contributed by atoms with Gasteiger partial charge in [0.05, 0.1) is 12.3 Å². The first-order valence-electron chi connectivity index (χ1n) is 7.27. The molecule has 0 saturated heterocycles. The first-order valence-corrected chi connectivity index (χ1v) is 7.27. The van der Waals surface area contributed by atoms with Gasteiger partial charge in [-0.25, -0.2) is 4.79 Å². The number of nitrogens with zero attached hydrogens (tertiary/aromatic N) is 2. The van der Waals surface area contributed by atoms with E-state index in [1.54, 1.807) is 11.6 Å². The lowest BCUT2D eigenvalue weighted by atomic mass is 9.91. The number of aryl methyl sites for hydroxylation is 2. The van der Waals surface area contributed by atoms with E-state index in [2.05, 4.69) is 10.4 Å². The van der Waals surface area contributed by atoms with Crippen molar-refractivity contribution in [3.8, 4) is 0 Å². The van der Waals surface area contributed by atoms with Crippen LogP contribution in [0.3, 0.4) is 0 Å². The maximum absolute atomic E-state index is 12.1. The fraction of sp³-hybridized carbons (Fsp3) is 0.714. The highest BCUT2D eigenvalue weighted by Gasteiger charge is 2.27. The molecule has 0 radical (unpaired) electrons. The molecule has 2 atom stereocenters. The number of rotatable bonds is 4. The number of esters is 1. The molecule has 2 rings (SSSR count). The first kappa shape index (κ1) is 14.8. The lowest BCUT2D eigenvalue weighted by molar-refractivity contribution is 0.0526. The number of nitrogens with two attached hydrogens (primary N) is 1. The van der Waals surface area contributed by atoms with Crippen molar-refractivity contribution in [2.45, 2.75) is 51.6 Å². The van der Waals surface area contributed by atoms with E-state index in [0.29, 0.717) is 23.7 Å². The monoisotopic (exact) mass is 280 g/mol. The second-order valence-corrected chi connectivity index (χ2v) is 5.35. The van der Waals surface area contributed by atoms with Gasteiger partial charge < -0.3 is 15.8 Å². The Labute approximate surface area is 119 Å². The molecule has 1 saturated carbocycles. The molecule has 0 amide bonds. The smallest absolute Gasteiger partial charge is 0.343 e. The fourth-order valence-corrected chi connectivity index (χ4v) is 2.79. The first-order chi connectivity index (χ1) is 9.54. The highest BCUT2D eigenvalue weighted by molar-refractivity contribution is 5.96. The Morgan fingerprint density at radius 3 is 2.85 bits per heavy atom.